The van der Waals surface area contributed by atoms with E-state index in [9.17, 15) is 0 Å². The average Bonchev–Trinajstić information content (AvgIpc) is 3.26. The van der Waals surface area contributed by atoms with Crippen LogP contribution < -0.4 is 5.32 Å². The van der Waals surface area contributed by atoms with Crippen molar-refractivity contribution in [1.82, 2.24) is 15.1 Å². The molecule has 2 fully saturated rings. The Kier molecular flexibility index (Phi) is 8.55. The fourth-order valence-corrected chi connectivity index (χ4v) is 3.74. The molecule has 0 saturated carbocycles. The predicted octanol–water partition coefficient (Wildman–Crippen LogP) is 3.35. The van der Waals surface area contributed by atoms with E-state index in [1.807, 2.05) is 12.1 Å². The quantitative estimate of drug-likeness (QED) is 0.416. The van der Waals surface area contributed by atoms with Gasteiger partial charge < -0.3 is 14.6 Å². The number of furan rings is 1. The predicted molar refractivity (Wildman–Crippen MR) is 114 cm³/mol. The lowest BCUT2D eigenvalue weighted by Crippen LogP contribution is -2.46. The van der Waals surface area contributed by atoms with E-state index in [0.717, 1.165) is 37.8 Å². The Labute approximate surface area is 169 Å². The molecule has 3 rings (SSSR count). The van der Waals surface area contributed by atoms with Gasteiger partial charge in [-0.1, -0.05) is 6.42 Å². The fourth-order valence-electron chi connectivity index (χ4n) is 3.74. The van der Waals surface area contributed by atoms with E-state index in [-0.39, 0.29) is 24.0 Å². The van der Waals surface area contributed by atoms with E-state index in [4.69, 9.17) is 9.41 Å². The molecule has 1 N–H and O–H groups in total. The van der Waals surface area contributed by atoms with Crippen molar-refractivity contribution in [3.8, 4) is 0 Å². The molecule has 142 valence electrons. The van der Waals surface area contributed by atoms with Crippen molar-refractivity contribution in [2.45, 2.75) is 58.0 Å². The molecule has 0 bridgehead atoms. The Hall–Kier alpha value is -0.760. The van der Waals surface area contributed by atoms with Crippen LogP contribution in [0.5, 0.6) is 0 Å². The van der Waals surface area contributed by atoms with E-state index in [2.05, 4.69) is 29.0 Å². The Morgan fingerprint density at radius 3 is 2.76 bits per heavy atom. The van der Waals surface area contributed by atoms with Gasteiger partial charge in [0.15, 0.2) is 5.96 Å². The van der Waals surface area contributed by atoms with Crippen molar-refractivity contribution < 1.29 is 4.42 Å². The SMILES string of the molecule is CC(C)NC(=NCCc1ccco1)N1CCC(N2CCCCC2)C1.I. The van der Waals surface area contributed by atoms with Crippen molar-refractivity contribution in [3.05, 3.63) is 24.2 Å². The summed E-state index contributed by atoms with van der Waals surface area (Å²) in [5.74, 6) is 2.08. The maximum atomic E-state index is 5.41. The van der Waals surface area contributed by atoms with E-state index >= 15 is 0 Å². The van der Waals surface area contributed by atoms with Crippen molar-refractivity contribution >= 4 is 29.9 Å². The number of hydrogen-bond acceptors (Lipinski definition) is 3. The second-order valence-corrected chi connectivity index (χ2v) is 7.32. The summed E-state index contributed by atoms with van der Waals surface area (Å²) >= 11 is 0. The Morgan fingerprint density at radius 2 is 2.08 bits per heavy atom. The first-order chi connectivity index (χ1) is 11.7. The summed E-state index contributed by atoms with van der Waals surface area (Å²) in [6.07, 6.45) is 7.99. The Morgan fingerprint density at radius 1 is 1.28 bits per heavy atom. The lowest BCUT2D eigenvalue weighted by Gasteiger charge is -2.32. The van der Waals surface area contributed by atoms with E-state index in [0.29, 0.717) is 12.1 Å². The number of piperidine rings is 1. The van der Waals surface area contributed by atoms with Gasteiger partial charge >= 0.3 is 0 Å². The maximum absolute atomic E-state index is 5.41. The zero-order valence-electron chi connectivity index (χ0n) is 15.6. The highest BCUT2D eigenvalue weighted by molar-refractivity contribution is 14.0. The standard InChI is InChI=1S/C19H32N4O.HI/c1-16(2)21-19(20-10-8-18-7-6-14-24-18)23-13-9-17(15-23)22-11-4-3-5-12-22;/h6-7,14,16-17H,3-5,8-13,15H2,1-2H3,(H,20,21);1H. The first-order valence-corrected chi connectivity index (χ1v) is 9.55. The summed E-state index contributed by atoms with van der Waals surface area (Å²) in [7, 11) is 0. The molecule has 3 heterocycles. The Balaban J connectivity index is 0.00000225. The van der Waals surface area contributed by atoms with Gasteiger partial charge in [0, 0.05) is 38.1 Å². The van der Waals surface area contributed by atoms with Crippen LogP contribution in [0.4, 0.5) is 0 Å². The number of nitrogens with zero attached hydrogens (tertiary/aromatic N) is 3. The van der Waals surface area contributed by atoms with Crippen LogP contribution in [0.1, 0.15) is 45.3 Å². The summed E-state index contributed by atoms with van der Waals surface area (Å²) in [6.45, 7) is 9.91. The van der Waals surface area contributed by atoms with E-state index in [1.54, 1.807) is 6.26 Å². The lowest BCUT2D eigenvalue weighted by atomic mass is 10.1. The zero-order chi connectivity index (χ0) is 16.8. The van der Waals surface area contributed by atoms with Gasteiger partial charge in [-0.2, -0.15) is 0 Å². The van der Waals surface area contributed by atoms with Gasteiger partial charge in [0.1, 0.15) is 5.76 Å². The molecule has 1 unspecified atom stereocenters. The van der Waals surface area contributed by atoms with Crippen LogP contribution in [0.15, 0.2) is 27.8 Å². The smallest absolute Gasteiger partial charge is 0.194 e. The van der Waals surface area contributed by atoms with E-state index < -0.39 is 0 Å². The highest BCUT2D eigenvalue weighted by Crippen LogP contribution is 2.20. The molecule has 0 radical (unpaired) electrons. The third-order valence-corrected chi connectivity index (χ3v) is 4.99. The van der Waals surface area contributed by atoms with Gasteiger partial charge in [-0.15, -0.1) is 24.0 Å². The number of likely N-dealkylation sites (tertiary alicyclic amines) is 2. The lowest BCUT2D eigenvalue weighted by molar-refractivity contribution is 0.168. The first kappa shape index (κ1) is 20.6. The summed E-state index contributed by atoms with van der Waals surface area (Å²) in [5, 5.41) is 3.55. The van der Waals surface area contributed by atoms with Gasteiger partial charge in [0.2, 0.25) is 0 Å². The molecule has 1 atom stereocenters. The minimum atomic E-state index is 0. The number of rotatable bonds is 5. The molecule has 0 amide bonds. The molecule has 5 nitrogen and oxygen atoms in total. The molecule has 0 aromatic carbocycles. The highest BCUT2D eigenvalue weighted by Gasteiger charge is 2.30. The monoisotopic (exact) mass is 460 g/mol. The van der Waals surface area contributed by atoms with Crippen molar-refractivity contribution in [2.75, 3.05) is 32.7 Å². The van der Waals surface area contributed by atoms with Crippen LogP contribution in [-0.2, 0) is 6.42 Å². The number of aliphatic imine (C=N–C) groups is 1. The largest absolute Gasteiger partial charge is 0.469 e. The summed E-state index contributed by atoms with van der Waals surface area (Å²) < 4.78 is 5.41. The molecular formula is C19H33IN4O. The zero-order valence-corrected chi connectivity index (χ0v) is 17.9. The molecule has 2 aliphatic rings. The maximum Gasteiger partial charge on any atom is 0.194 e. The topological polar surface area (TPSA) is 44.0 Å². The molecule has 0 spiro atoms. The molecule has 0 aliphatic carbocycles. The number of halogens is 1. The molecule has 25 heavy (non-hydrogen) atoms. The third kappa shape index (κ3) is 6.16. The normalized spacial score (nSPS) is 22.3. The van der Waals surface area contributed by atoms with Crippen molar-refractivity contribution in [3.63, 3.8) is 0 Å². The number of hydrogen-bond donors (Lipinski definition) is 1. The Bertz CT molecular complexity index is 512. The molecule has 2 aliphatic heterocycles. The van der Waals surface area contributed by atoms with Crippen LogP contribution in [0, 0.1) is 0 Å². The van der Waals surface area contributed by atoms with Gasteiger partial charge in [-0.3, -0.25) is 9.89 Å². The van der Waals surface area contributed by atoms with Crippen LogP contribution in [-0.4, -0.2) is 60.6 Å². The fraction of sp³-hybridized carbons (Fsp3) is 0.737. The molecule has 1 aromatic heterocycles. The van der Waals surface area contributed by atoms with Crippen LogP contribution >= 0.6 is 24.0 Å². The van der Waals surface area contributed by atoms with Crippen LogP contribution in [0.25, 0.3) is 0 Å². The van der Waals surface area contributed by atoms with Crippen molar-refractivity contribution in [2.24, 2.45) is 4.99 Å². The highest BCUT2D eigenvalue weighted by atomic mass is 127. The second-order valence-electron chi connectivity index (χ2n) is 7.32. The average molecular weight is 460 g/mol. The second kappa shape index (κ2) is 10.4. The summed E-state index contributed by atoms with van der Waals surface area (Å²) in [6, 6.07) is 5.07. The summed E-state index contributed by atoms with van der Waals surface area (Å²) in [5.41, 5.74) is 0. The molecular weight excluding hydrogens is 427 g/mol. The minimum absolute atomic E-state index is 0. The third-order valence-electron chi connectivity index (χ3n) is 4.99. The van der Waals surface area contributed by atoms with Gasteiger partial charge in [-0.05, 0) is 58.3 Å². The van der Waals surface area contributed by atoms with E-state index in [1.165, 1.54) is 38.8 Å². The molecule has 2 saturated heterocycles. The number of nitrogens with one attached hydrogen (secondary N) is 1. The molecule has 6 heteroatoms. The van der Waals surface area contributed by atoms with Gasteiger partial charge in [0.05, 0.1) is 6.26 Å². The number of guanidine groups is 1. The van der Waals surface area contributed by atoms with Crippen LogP contribution in [0.2, 0.25) is 0 Å². The first-order valence-electron chi connectivity index (χ1n) is 9.55. The molecule has 1 aromatic rings. The summed E-state index contributed by atoms with van der Waals surface area (Å²) in [4.78, 5) is 9.99. The van der Waals surface area contributed by atoms with Crippen LogP contribution in [0.3, 0.4) is 0 Å². The minimum Gasteiger partial charge on any atom is -0.469 e. The van der Waals surface area contributed by atoms with Crippen molar-refractivity contribution in [1.29, 1.82) is 0 Å². The van der Waals surface area contributed by atoms with Gasteiger partial charge in [0.25, 0.3) is 0 Å². The van der Waals surface area contributed by atoms with Gasteiger partial charge in [-0.25, -0.2) is 0 Å².